The van der Waals surface area contributed by atoms with E-state index in [1.54, 1.807) is 31.4 Å². The minimum absolute atomic E-state index is 0.0779. The molecular formula is C20H17ClN2O6. The van der Waals surface area contributed by atoms with Crippen LogP contribution in [-0.2, 0) is 13.2 Å². The molecule has 1 aromatic heterocycles. The van der Waals surface area contributed by atoms with E-state index in [0.717, 1.165) is 5.56 Å². The second-order valence-corrected chi connectivity index (χ2v) is 6.54. The van der Waals surface area contributed by atoms with E-state index in [9.17, 15) is 4.79 Å². The monoisotopic (exact) mass is 416 g/mol. The molecule has 1 aliphatic heterocycles. The molecule has 0 saturated heterocycles. The van der Waals surface area contributed by atoms with Crippen molar-refractivity contribution in [2.75, 3.05) is 13.9 Å². The molecule has 1 amide bonds. The van der Waals surface area contributed by atoms with Crippen LogP contribution >= 0.6 is 11.6 Å². The van der Waals surface area contributed by atoms with Gasteiger partial charge in [0.15, 0.2) is 23.0 Å². The van der Waals surface area contributed by atoms with Crippen molar-refractivity contribution in [1.82, 2.24) is 10.5 Å². The van der Waals surface area contributed by atoms with Crippen LogP contribution in [0, 0.1) is 0 Å². The molecule has 0 spiro atoms. The summed E-state index contributed by atoms with van der Waals surface area (Å²) in [5, 5.41) is 6.97. The zero-order chi connectivity index (χ0) is 20.2. The third-order valence-corrected chi connectivity index (χ3v) is 4.49. The van der Waals surface area contributed by atoms with E-state index < -0.39 is 0 Å². The van der Waals surface area contributed by atoms with Gasteiger partial charge < -0.3 is 28.8 Å². The average molecular weight is 417 g/mol. The minimum atomic E-state index is -0.361. The molecule has 0 saturated carbocycles. The minimum Gasteiger partial charge on any atom is -0.497 e. The molecule has 29 heavy (non-hydrogen) atoms. The zero-order valence-electron chi connectivity index (χ0n) is 15.4. The summed E-state index contributed by atoms with van der Waals surface area (Å²) in [6.07, 6.45) is 0. The lowest BCUT2D eigenvalue weighted by Gasteiger charge is -2.07. The molecule has 8 nitrogen and oxygen atoms in total. The Morgan fingerprint density at radius 3 is 2.86 bits per heavy atom. The predicted octanol–water partition coefficient (Wildman–Crippen LogP) is 3.57. The highest BCUT2D eigenvalue weighted by atomic mass is 35.5. The first-order chi connectivity index (χ1) is 14.1. The summed E-state index contributed by atoms with van der Waals surface area (Å²) in [4.78, 5) is 12.3. The molecule has 0 aliphatic carbocycles. The first-order valence-corrected chi connectivity index (χ1v) is 9.09. The lowest BCUT2D eigenvalue weighted by atomic mass is 10.2. The third kappa shape index (κ3) is 4.38. The van der Waals surface area contributed by atoms with Gasteiger partial charge in [0.1, 0.15) is 18.1 Å². The number of hydrogen-bond acceptors (Lipinski definition) is 7. The van der Waals surface area contributed by atoms with Crippen molar-refractivity contribution in [2.24, 2.45) is 0 Å². The first kappa shape index (κ1) is 18.9. The van der Waals surface area contributed by atoms with Crippen LogP contribution in [0.5, 0.6) is 23.0 Å². The van der Waals surface area contributed by atoms with Crippen LogP contribution in [0.3, 0.4) is 0 Å². The van der Waals surface area contributed by atoms with E-state index in [4.69, 9.17) is 35.1 Å². The smallest absolute Gasteiger partial charge is 0.273 e. The lowest BCUT2D eigenvalue weighted by molar-refractivity contribution is 0.0941. The molecule has 1 N–H and O–H groups in total. The molecule has 4 rings (SSSR count). The van der Waals surface area contributed by atoms with E-state index in [1.165, 1.54) is 6.07 Å². The number of carbonyl (C=O) groups is 1. The number of aromatic nitrogens is 1. The lowest BCUT2D eigenvalue weighted by Crippen LogP contribution is -2.23. The van der Waals surface area contributed by atoms with Gasteiger partial charge in [-0.2, -0.15) is 0 Å². The first-order valence-electron chi connectivity index (χ1n) is 8.71. The van der Waals surface area contributed by atoms with Crippen molar-refractivity contribution >= 4 is 17.5 Å². The SMILES string of the molecule is COc1ccc(OCc2cc(C(=O)NCc3ccc4c(c3)OCO4)no2)c(Cl)c1. The van der Waals surface area contributed by atoms with Gasteiger partial charge in [-0.3, -0.25) is 4.79 Å². The van der Waals surface area contributed by atoms with E-state index in [0.29, 0.717) is 40.3 Å². The Morgan fingerprint density at radius 2 is 2.03 bits per heavy atom. The predicted molar refractivity (Wildman–Crippen MR) is 103 cm³/mol. The number of nitrogens with zero attached hydrogens (tertiary/aromatic N) is 1. The zero-order valence-corrected chi connectivity index (χ0v) is 16.2. The quantitative estimate of drug-likeness (QED) is 0.629. The number of methoxy groups -OCH3 is 1. The van der Waals surface area contributed by atoms with Gasteiger partial charge in [0, 0.05) is 18.7 Å². The van der Waals surface area contributed by atoms with E-state index in [-0.39, 0.29) is 25.0 Å². The normalized spacial score (nSPS) is 11.9. The molecule has 9 heteroatoms. The highest BCUT2D eigenvalue weighted by Crippen LogP contribution is 2.32. The van der Waals surface area contributed by atoms with Crippen molar-refractivity contribution in [3.8, 4) is 23.0 Å². The maximum Gasteiger partial charge on any atom is 0.273 e. The molecule has 0 unspecified atom stereocenters. The van der Waals surface area contributed by atoms with Crippen LogP contribution in [0.4, 0.5) is 0 Å². The Kier molecular flexibility index (Phi) is 5.44. The molecule has 2 heterocycles. The van der Waals surface area contributed by atoms with Crippen LogP contribution in [0.15, 0.2) is 47.0 Å². The average Bonchev–Trinajstić information content (AvgIpc) is 3.40. The second-order valence-electron chi connectivity index (χ2n) is 6.13. The molecule has 0 radical (unpaired) electrons. The molecule has 0 fully saturated rings. The van der Waals surface area contributed by atoms with Crippen LogP contribution in [-0.4, -0.2) is 25.0 Å². The van der Waals surface area contributed by atoms with E-state index in [2.05, 4.69) is 10.5 Å². The Morgan fingerprint density at radius 1 is 1.17 bits per heavy atom. The number of carbonyl (C=O) groups excluding carboxylic acids is 1. The van der Waals surface area contributed by atoms with Gasteiger partial charge in [0.2, 0.25) is 6.79 Å². The second kappa shape index (κ2) is 8.32. The molecule has 150 valence electrons. The Hall–Kier alpha value is -3.39. The fraction of sp³-hybridized carbons (Fsp3) is 0.200. The molecule has 2 aromatic carbocycles. The molecule has 1 aliphatic rings. The summed E-state index contributed by atoms with van der Waals surface area (Å²) in [5.74, 6) is 2.49. The van der Waals surface area contributed by atoms with Crippen molar-refractivity contribution in [1.29, 1.82) is 0 Å². The van der Waals surface area contributed by atoms with Crippen LogP contribution in [0.2, 0.25) is 5.02 Å². The van der Waals surface area contributed by atoms with Crippen molar-refractivity contribution in [2.45, 2.75) is 13.2 Å². The fourth-order valence-electron chi connectivity index (χ4n) is 2.69. The van der Waals surface area contributed by atoms with E-state index >= 15 is 0 Å². The summed E-state index contributed by atoms with van der Waals surface area (Å²) in [5.41, 5.74) is 1.04. The van der Waals surface area contributed by atoms with Crippen LogP contribution < -0.4 is 24.3 Å². The van der Waals surface area contributed by atoms with Gasteiger partial charge >= 0.3 is 0 Å². The van der Waals surface area contributed by atoms with Gasteiger partial charge in [-0.1, -0.05) is 22.8 Å². The summed E-state index contributed by atoms with van der Waals surface area (Å²) in [7, 11) is 1.56. The number of nitrogens with one attached hydrogen (secondary N) is 1. The number of amides is 1. The molecule has 3 aromatic rings. The number of rotatable bonds is 7. The van der Waals surface area contributed by atoms with Crippen LogP contribution in [0.25, 0.3) is 0 Å². The van der Waals surface area contributed by atoms with Gasteiger partial charge in [0.05, 0.1) is 12.1 Å². The number of halogens is 1. The van der Waals surface area contributed by atoms with Crippen molar-refractivity contribution in [3.05, 3.63) is 64.5 Å². The highest BCUT2D eigenvalue weighted by molar-refractivity contribution is 6.32. The summed E-state index contributed by atoms with van der Waals surface area (Å²) < 4.78 is 26.5. The van der Waals surface area contributed by atoms with Gasteiger partial charge in [-0.05, 0) is 29.8 Å². The van der Waals surface area contributed by atoms with Gasteiger partial charge in [-0.15, -0.1) is 0 Å². The third-order valence-electron chi connectivity index (χ3n) is 4.19. The van der Waals surface area contributed by atoms with Gasteiger partial charge in [-0.25, -0.2) is 0 Å². The molecule has 0 bridgehead atoms. The van der Waals surface area contributed by atoms with E-state index in [1.807, 2.05) is 12.1 Å². The fourth-order valence-corrected chi connectivity index (χ4v) is 2.91. The maximum absolute atomic E-state index is 12.3. The number of hydrogen-bond donors (Lipinski definition) is 1. The number of benzene rings is 2. The molecular weight excluding hydrogens is 400 g/mol. The van der Waals surface area contributed by atoms with Crippen LogP contribution in [0.1, 0.15) is 21.8 Å². The largest absolute Gasteiger partial charge is 0.497 e. The van der Waals surface area contributed by atoms with Crippen molar-refractivity contribution in [3.63, 3.8) is 0 Å². The summed E-state index contributed by atoms with van der Waals surface area (Å²) in [6, 6.07) is 12.1. The standard InChI is InChI=1S/C20H17ClN2O6/c1-25-13-3-5-17(15(21)7-13)26-10-14-8-16(23-29-14)20(24)22-9-12-2-4-18-19(6-12)28-11-27-18/h2-8H,9-11H2,1H3,(H,22,24). The Bertz CT molecular complexity index is 1040. The number of ether oxygens (including phenoxy) is 4. The maximum atomic E-state index is 12.3. The summed E-state index contributed by atoms with van der Waals surface area (Å²) in [6.45, 7) is 0.598. The van der Waals surface area contributed by atoms with Gasteiger partial charge in [0.25, 0.3) is 5.91 Å². The Balaban J connectivity index is 1.32. The Labute approximate surface area is 171 Å². The van der Waals surface area contributed by atoms with Crippen molar-refractivity contribution < 1.29 is 28.3 Å². The molecule has 0 atom stereocenters. The number of fused-ring (bicyclic) bond motifs is 1. The summed E-state index contributed by atoms with van der Waals surface area (Å²) >= 11 is 6.13. The highest BCUT2D eigenvalue weighted by Gasteiger charge is 2.16. The topological polar surface area (TPSA) is 92.1 Å².